The summed E-state index contributed by atoms with van der Waals surface area (Å²) >= 11 is 0. The van der Waals surface area contributed by atoms with Crippen LogP contribution < -0.4 is 10.6 Å². The van der Waals surface area contributed by atoms with Crippen molar-refractivity contribution in [1.29, 1.82) is 0 Å². The largest absolute Gasteiger partial charge is 0.359 e. The van der Waals surface area contributed by atoms with Gasteiger partial charge in [-0.05, 0) is 25.2 Å². The van der Waals surface area contributed by atoms with Crippen LogP contribution in [0.15, 0.2) is 15.6 Å². The summed E-state index contributed by atoms with van der Waals surface area (Å²) in [7, 11) is -2.84. The number of aromatic nitrogens is 1. The van der Waals surface area contributed by atoms with Gasteiger partial charge in [0.2, 0.25) is 0 Å². The molecular weight excluding hydrogens is 316 g/mol. The number of rotatable bonds is 6. The second-order valence-corrected chi connectivity index (χ2v) is 8.45. The number of guanidine groups is 1. The predicted octanol–water partition coefficient (Wildman–Crippen LogP) is 1.29. The third-order valence-corrected chi connectivity index (χ3v) is 5.63. The molecule has 1 unspecified atom stereocenters. The summed E-state index contributed by atoms with van der Waals surface area (Å²) in [5.74, 6) is 2.42. The van der Waals surface area contributed by atoms with E-state index >= 15 is 0 Å². The van der Waals surface area contributed by atoms with Gasteiger partial charge in [0.05, 0.1) is 17.2 Å². The van der Waals surface area contributed by atoms with Gasteiger partial charge in [0, 0.05) is 19.2 Å². The molecule has 0 radical (unpaired) electrons. The van der Waals surface area contributed by atoms with Gasteiger partial charge in [0.15, 0.2) is 21.6 Å². The Hall–Kier alpha value is -1.57. The van der Waals surface area contributed by atoms with Crippen LogP contribution in [0.4, 0.5) is 0 Å². The number of aliphatic imine (C=N–C) groups is 1. The molecule has 0 bridgehead atoms. The van der Waals surface area contributed by atoms with Gasteiger partial charge in [0.25, 0.3) is 0 Å². The van der Waals surface area contributed by atoms with E-state index in [4.69, 9.17) is 4.52 Å². The van der Waals surface area contributed by atoms with Crippen molar-refractivity contribution in [3.05, 3.63) is 17.5 Å². The summed E-state index contributed by atoms with van der Waals surface area (Å²) in [6.07, 6.45) is 0.717. The summed E-state index contributed by atoms with van der Waals surface area (Å²) < 4.78 is 28.2. The SMILES string of the molecule is CCNC(=NCc1cc(C(C)C)no1)NCC1CCS(=O)(=O)C1. The van der Waals surface area contributed by atoms with Gasteiger partial charge in [-0.1, -0.05) is 19.0 Å². The molecule has 1 saturated heterocycles. The fourth-order valence-electron chi connectivity index (χ4n) is 2.45. The van der Waals surface area contributed by atoms with E-state index in [0.717, 1.165) is 12.2 Å². The number of hydrogen-bond acceptors (Lipinski definition) is 5. The number of sulfone groups is 1. The second-order valence-electron chi connectivity index (χ2n) is 6.22. The van der Waals surface area contributed by atoms with Crippen LogP contribution in [0.5, 0.6) is 0 Å². The lowest BCUT2D eigenvalue weighted by Gasteiger charge is -2.13. The van der Waals surface area contributed by atoms with E-state index in [1.807, 2.05) is 13.0 Å². The Morgan fingerprint density at radius 2 is 2.26 bits per heavy atom. The van der Waals surface area contributed by atoms with Crippen molar-refractivity contribution < 1.29 is 12.9 Å². The number of nitrogens with one attached hydrogen (secondary N) is 2. The van der Waals surface area contributed by atoms with Crippen LogP contribution in [-0.2, 0) is 16.4 Å². The molecule has 1 aromatic heterocycles. The Morgan fingerprint density at radius 1 is 1.48 bits per heavy atom. The molecule has 0 spiro atoms. The summed E-state index contributed by atoms with van der Waals surface area (Å²) in [6, 6.07) is 1.92. The molecule has 130 valence electrons. The Balaban J connectivity index is 1.89. The highest BCUT2D eigenvalue weighted by molar-refractivity contribution is 7.91. The molecule has 8 heteroatoms. The van der Waals surface area contributed by atoms with Crippen molar-refractivity contribution >= 4 is 15.8 Å². The maximum atomic E-state index is 11.5. The van der Waals surface area contributed by atoms with Gasteiger partial charge in [-0.25, -0.2) is 13.4 Å². The van der Waals surface area contributed by atoms with Crippen LogP contribution in [0.25, 0.3) is 0 Å². The lowest BCUT2D eigenvalue weighted by Crippen LogP contribution is -2.40. The fourth-order valence-corrected chi connectivity index (χ4v) is 4.31. The molecule has 23 heavy (non-hydrogen) atoms. The van der Waals surface area contributed by atoms with Crippen molar-refractivity contribution in [2.75, 3.05) is 24.6 Å². The molecule has 1 aliphatic heterocycles. The summed E-state index contributed by atoms with van der Waals surface area (Å²) in [5, 5.41) is 10.4. The minimum absolute atomic E-state index is 0.154. The molecule has 2 N–H and O–H groups in total. The van der Waals surface area contributed by atoms with Gasteiger partial charge in [-0.15, -0.1) is 0 Å². The molecule has 1 aromatic rings. The highest BCUT2D eigenvalue weighted by Crippen LogP contribution is 2.17. The van der Waals surface area contributed by atoms with E-state index in [1.165, 1.54) is 0 Å². The van der Waals surface area contributed by atoms with Gasteiger partial charge >= 0.3 is 0 Å². The molecule has 0 aromatic carbocycles. The smallest absolute Gasteiger partial charge is 0.191 e. The molecular formula is C15H26N4O3S. The first-order valence-electron chi connectivity index (χ1n) is 8.07. The van der Waals surface area contributed by atoms with E-state index < -0.39 is 9.84 Å². The van der Waals surface area contributed by atoms with Crippen LogP contribution in [0.1, 0.15) is 44.6 Å². The molecule has 0 aliphatic carbocycles. The fraction of sp³-hybridized carbons (Fsp3) is 0.733. The van der Waals surface area contributed by atoms with E-state index in [-0.39, 0.29) is 11.7 Å². The Labute approximate surface area is 137 Å². The summed E-state index contributed by atoms with van der Waals surface area (Å²) in [6.45, 7) is 7.86. The molecule has 2 rings (SSSR count). The standard InChI is InChI=1S/C15H26N4O3S/c1-4-16-15(17-8-12-5-6-23(20,21)10-12)18-9-13-7-14(11(2)3)19-22-13/h7,11-12H,4-6,8-10H2,1-3H3,(H2,16,17,18). The third-order valence-electron chi connectivity index (χ3n) is 3.79. The maximum Gasteiger partial charge on any atom is 0.191 e. The minimum atomic E-state index is -2.84. The summed E-state index contributed by atoms with van der Waals surface area (Å²) in [4.78, 5) is 4.46. The Kier molecular flexibility index (Phi) is 6.04. The van der Waals surface area contributed by atoms with Crippen LogP contribution >= 0.6 is 0 Å². The Morgan fingerprint density at radius 3 is 2.83 bits per heavy atom. The monoisotopic (exact) mass is 342 g/mol. The maximum absolute atomic E-state index is 11.5. The van der Waals surface area contributed by atoms with Crippen molar-refractivity contribution in [3.63, 3.8) is 0 Å². The van der Waals surface area contributed by atoms with Gasteiger partial charge in [0.1, 0.15) is 6.54 Å². The van der Waals surface area contributed by atoms with Gasteiger partial charge < -0.3 is 15.2 Å². The minimum Gasteiger partial charge on any atom is -0.359 e. The quantitative estimate of drug-likeness (QED) is 0.597. The molecule has 1 atom stereocenters. The first kappa shape index (κ1) is 17.8. The van der Waals surface area contributed by atoms with Crippen LogP contribution in [0.2, 0.25) is 0 Å². The lowest BCUT2D eigenvalue weighted by molar-refractivity contribution is 0.376. The molecule has 7 nitrogen and oxygen atoms in total. The Bertz CT molecular complexity index is 637. The number of nitrogens with zero attached hydrogens (tertiary/aromatic N) is 2. The van der Waals surface area contributed by atoms with Crippen LogP contribution in [0, 0.1) is 5.92 Å². The highest BCUT2D eigenvalue weighted by Gasteiger charge is 2.27. The van der Waals surface area contributed by atoms with Crippen molar-refractivity contribution in [2.45, 2.75) is 39.7 Å². The van der Waals surface area contributed by atoms with Crippen LogP contribution in [0.3, 0.4) is 0 Å². The van der Waals surface area contributed by atoms with E-state index in [9.17, 15) is 8.42 Å². The van der Waals surface area contributed by atoms with E-state index in [1.54, 1.807) is 0 Å². The molecule has 2 heterocycles. The second kappa shape index (κ2) is 7.81. The van der Waals surface area contributed by atoms with Crippen LogP contribution in [-0.4, -0.2) is 44.1 Å². The topological polar surface area (TPSA) is 96.6 Å². The molecule has 0 amide bonds. The van der Waals surface area contributed by atoms with E-state index in [0.29, 0.717) is 42.9 Å². The summed E-state index contributed by atoms with van der Waals surface area (Å²) in [5.41, 5.74) is 0.921. The predicted molar refractivity (Wildman–Crippen MR) is 90.2 cm³/mol. The first-order valence-corrected chi connectivity index (χ1v) is 9.90. The normalized spacial score (nSPS) is 20.9. The molecule has 1 aliphatic rings. The third kappa shape index (κ3) is 5.53. The van der Waals surface area contributed by atoms with Gasteiger partial charge in [-0.3, -0.25) is 0 Å². The van der Waals surface area contributed by atoms with Crippen molar-refractivity contribution in [1.82, 2.24) is 15.8 Å². The van der Waals surface area contributed by atoms with Crippen molar-refractivity contribution in [3.8, 4) is 0 Å². The lowest BCUT2D eigenvalue weighted by atomic mass is 10.1. The zero-order chi connectivity index (χ0) is 16.9. The zero-order valence-electron chi connectivity index (χ0n) is 14.0. The first-order chi connectivity index (χ1) is 10.9. The zero-order valence-corrected chi connectivity index (χ0v) is 14.8. The van der Waals surface area contributed by atoms with E-state index in [2.05, 4.69) is 34.6 Å². The molecule has 1 fully saturated rings. The number of hydrogen-bond donors (Lipinski definition) is 2. The van der Waals surface area contributed by atoms with Crippen molar-refractivity contribution in [2.24, 2.45) is 10.9 Å². The highest BCUT2D eigenvalue weighted by atomic mass is 32.2. The average Bonchev–Trinajstić information content (AvgIpc) is 3.08. The average molecular weight is 342 g/mol. The molecule has 0 saturated carbocycles. The van der Waals surface area contributed by atoms with Gasteiger partial charge in [-0.2, -0.15) is 0 Å².